The van der Waals surface area contributed by atoms with Gasteiger partial charge >= 0.3 is 0 Å². The van der Waals surface area contributed by atoms with Crippen molar-refractivity contribution < 1.29 is 14.2 Å². The summed E-state index contributed by atoms with van der Waals surface area (Å²) in [5, 5.41) is 0. The molecule has 6 nitrogen and oxygen atoms in total. The molecule has 0 saturated heterocycles. The molecule has 0 radical (unpaired) electrons. The van der Waals surface area contributed by atoms with Crippen molar-refractivity contribution in [3.8, 4) is 0 Å². The first-order chi connectivity index (χ1) is 10.3. The number of ether oxygens (including phenoxy) is 3. The Morgan fingerprint density at radius 3 is 1.09 bits per heavy atom. The molecule has 0 bridgehead atoms. The van der Waals surface area contributed by atoms with E-state index in [0.29, 0.717) is 59.3 Å². The van der Waals surface area contributed by atoms with Crippen molar-refractivity contribution in [1.29, 1.82) is 0 Å². The van der Waals surface area contributed by atoms with E-state index in [1.165, 1.54) is 0 Å². The van der Waals surface area contributed by atoms with Crippen LogP contribution in [0.5, 0.6) is 0 Å². The van der Waals surface area contributed by atoms with Gasteiger partial charge in [0.15, 0.2) is 0 Å². The Kier molecular flexibility index (Phi) is 13.4. The molecule has 0 atom stereocenters. The molecule has 128 valence electrons. The third kappa shape index (κ3) is 9.32. The minimum atomic E-state index is 0. The average molecular weight is 334 g/mol. The van der Waals surface area contributed by atoms with E-state index in [1.807, 2.05) is 0 Å². The molecule has 6 N–H and O–H groups in total. The smallest absolute Gasteiger partial charge is 0.0717 e. The first kappa shape index (κ1) is 21.3. The van der Waals surface area contributed by atoms with Gasteiger partial charge in [0.25, 0.3) is 0 Å². The third-order valence-corrected chi connectivity index (χ3v) is 2.71. The molecule has 0 aliphatic heterocycles. The van der Waals surface area contributed by atoms with Gasteiger partial charge in [-0.25, -0.2) is 0 Å². The molecule has 0 aliphatic rings. The zero-order valence-electron chi connectivity index (χ0n) is 13.0. The van der Waals surface area contributed by atoms with E-state index < -0.39 is 0 Å². The van der Waals surface area contributed by atoms with E-state index in [-0.39, 0.29) is 12.4 Å². The highest BCUT2D eigenvalue weighted by Gasteiger charge is 2.03. The molecule has 0 spiro atoms. The summed E-state index contributed by atoms with van der Waals surface area (Å²) in [7, 11) is 0. The fourth-order valence-corrected chi connectivity index (χ4v) is 1.91. The molecule has 0 aliphatic carbocycles. The van der Waals surface area contributed by atoms with Crippen LogP contribution in [-0.2, 0) is 34.0 Å². The minimum Gasteiger partial charge on any atom is -0.375 e. The van der Waals surface area contributed by atoms with Crippen molar-refractivity contribution in [3.63, 3.8) is 0 Å². The predicted octanol–water partition coefficient (Wildman–Crippen LogP) is 0.534. The quantitative estimate of drug-likeness (QED) is 0.482. The van der Waals surface area contributed by atoms with Crippen LogP contribution < -0.4 is 17.2 Å². The number of hydrogen-bond acceptors (Lipinski definition) is 6. The molecule has 0 unspecified atom stereocenters. The van der Waals surface area contributed by atoms with Crippen LogP contribution in [0, 0.1) is 0 Å². The van der Waals surface area contributed by atoms with Gasteiger partial charge < -0.3 is 31.4 Å². The summed E-state index contributed by atoms with van der Waals surface area (Å²) in [5.74, 6) is 0. The number of benzene rings is 1. The summed E-state index contributed by atoms with van der Waals surface area (Å²) in [6, 6.07) is 6.21. The Hall–Kier alpha value is -0.730. The Labute approximate surface area is 138 Å². The summed E-state index contributed by atoms with van der Waals surface area (Å²) in [5.41, 5.74) is 19.5. The molecule has 0 amide bonds. The number of nitrogens with two attached hydrogens (primary N) is 3. The van der Waals surface area contributed by atoms with Gasteiger partial charge in [-0.2, -0.15) is 0 Å². The standard InChI is InChI=1S/C15H27N3O3.ClH/c16-1-4-19-10-13-7-14(11-20-5-2-17)9-15(8-13)12-21-6-3-18;/h7-9H,1-6,10-12,16-18H2;1H. The maximum atomic E-state index is 5.48. The molecule has 1 aromatic carbocycles. The third-order valence-electron chi connectivity index (χ3n) is 2.71. The van der Waals surface area contributed by atoms with Crippen molar-refractivity contribution in [2.75, 3.05) is 39.5 Å². The van der Waals surface area contributed by atoms with Gasteiger partial charge in [0.2, 0.25) is 0 Å². The van der Waals surface area contributed by atoms with Crippen LogP contribution in [0.4, 0.5) is 0 Å². The van der Waals surface area contributed by atoms with E-state index in [4.69, 9.17) is 31.4 Å². The Balaban J connectivity index is 0.00000441. The topological polar surface area (TPSA) is 106 Å². The van der Waals surface area contributed by atoms with Crippen molar-refractivity contribution >= 4 is 12.4 Å². The first-order valence-corrected chi connectivity index (χ1v) is 7.25. The van der Waals surface area contributed by atoms with Crippen LogP contribution >= 0.6 is 12.4 Å². The van der Waals surface area contributed by atoms with E-state index in [9.17, 15) is 0 Å². The Bertz CT molecular complexity index is 325. The lowest BCUT2D eigenvalue weighted by Gasteiger charge is -2.11. The normalized spacial score (nSPS) is 10.5. The molecule has 0 aromatic heterocycles. The van der Waals surface area contributed by atoms with Crippen LogP contribution in [0.15, 0.2) is 18.2 Å². The first-order valence-electron chi connectivity index (χ1n) is 7.25. The van der Waals surface area contributed by atoms with E-state index in [2.05, 4.69) is 18.2 Å². The van der Waals surface area contributed by atoms with Crippen molar-refractivity contribution in [1.82, 2.24) is 0 Å². The lowest BCUT2D eigenvalue weighted by molar-refractivity contribution is 0.120. The minimum absolute atomic E-state index is 0. The maximum Gasteiger partial charge on any atom is 0.0717 e. The van der Waals surface area contributed by atoms with Gasteiger partial charge in [0.05, 0.1) is 39.6 Å². The van der Waals surface area contributed by atoms with Gasteiger partial charge in [-0.3, -0.25) is 0 Å². The summed E-state index contributed by atoms with van der Waals surface area (Å²) >= 11 is 0. The van der Waals surface area contributed by atoms with Crippen LogP contribution in [0.25, 0.3) is 0 Å². The molecular weight excluding hydrogens is 306 g/mol. The average Bonchev–Trinajstić information content (AvgIpc) is 2.48. The maximum absolute atomic E-state index is 5.48. The highest BCUT2D eigenvalue weighted by molar-refractivity contribution is 5.85. The molecule has 1 aromatic rings. The number of hydrogen-bond donors (Lipinski definition) is 3. The van der Waals surface area contributed by atoms with Crippen molar-refractivity contribution in [2.45, 2.75) is 19.8 Å². The van der Waals surface area contributed by atoms with Crippen LogP contribution in [-0.4, -0.2) is 39.5 Å². The highest BCUT2D eigenvalue weighted by atomic mass is 35.5. The summed E-state index contributed by atoms with van der Waals surface area (Å²) < 4.78 is 16.5. The fraction of sp³-hybridized carbons (Fsp3) is 0.600. The summed E-state index contributed by atoms with van der Waals surface area (Å²) in [6.45, 7) is 4.81. The Morgan fingerprint density at radius 1 is 0.591 bits per heavy atom. The van der Waals surface area contributed by atoms with Crippen LogP contribution in [0.2, 0.25) is 0 Å². The molecule has 0 fully saturated rings. The molecule has 0 saturated carbocycles. The SMILES string of the molecule is Cl.NCCOCc1cc(COCCN)cc(COCCN)c1. The molecular formula is C15H28ClN3O3. The summed E-state index contributed by atoms with van der Waals surface area (Å²) in [4.78, 5) is 0. The molecule has 0 heterocycles. The van der Waals surface area contributed by atoms with Crippen molar-refractivity contribution in [2.24, 2.45) is 17.2 Å². The monoisotopic (exact) mass is 333 g/mol. The Morgan fingerprint density at radius 2 is 0.864 bits per heavy atom. The molecule has 22 heavy (non-hydrogen) atoms. The predicted molar refractivity (Wildman–Crippen MR) is 89.8 cm³/mol. The number of rotatable bonds is 12. The summed E-state index contributed by atoms with van der Waals surface area (Å²) in [6.07, 6.45) is 0. The van der Waals surface area contributed by atoms with E-state index in [0.717, 1.165) is 16.7 Å². The van der Waals surface area contributed by atoms with E-state index >= 15 is 0 Å². The van der Waals surface area contributed by atoms with E-state index in [1.54, 1.807) is 0 Å². The lowest BCUT2D eigenvalue weighted by Crippen LogP contribution is -2.10. The second kappa shape index (κ2) is 13.9. The largest absolute Gasteiger partial charge is 0.375 e. The lowest BCUT2D eigenvalue weighted by atomic mass is 10.1. The zero-order valence-corrected chi connectivity index (χ0v) is 13.8. The van der Waals surface area contributed by atoms with Gasteiger partial charge in [0.1, 0.15) is 0 Å². The van der Waals surface area contributed by atoms with Gasteiger partial charge in [-0.15, -0.1) is 12.4 Å². The fourth-order valence-electron chi connectivity index (χ4n) is 1.91. The molecule has 1 rings (SSSR count). The zero-order chi connectivity index (χ0) is 15.3. The van der Waals surface area contributed by atoms with Crippen LogP contribution in [0.3, 0.4) is 0 Å². The van der Waals surface area contributed by atoms with Gasteiger partial charge in [-0.1, -0.05) is 18.2 Å². The highest BCUT2D eigenvalue weighted by Crippen LogP contribution is 2.14. The van der Waals surface area contributed by atoms with Gasteiger partial charge in [0, 0.05) is 19.6 Å². The second-order valence-electron chi connectivity index (χ2n) is 4.68. The molecule has 7 heteroatoms. The number of halogens is 1. The van der Waals surface area contributed by atoms with Crippen LogP contribution in [0.1, 0.15) is 16.7 Å². The van der Waals surface area contributed by atoms with Crippen molar-refractivity contribution in [3.05, 3.63) is 34.9 Å². The second-order valence-corrected chi connectivity index (χ2v) is 4.68. The van der Waals surface area contributed by atoms with Gasteiger partial charge in [-0.05, 0) is 16.7 Å².